The maximum absolute atomic E-state index is 5.44. The standard InChI is InChI=1S/C15H20N4OS/c1-15(2)9-11-12(13-16-3-4-19(13)10-15)21-14(17-11)18-5-7-20-8-6-18/h3-4H,5-10H2,1-2H3. The number of anilines is 1. The zero-order valence-corrected chi connectivity index (χ0v) is 13.3. The van der Waals surface area contributed by atoms with E-state index in [1.54, 1.807) is 11.3 Å². The Kier molecular flexibility index (Phi) is 3.04. The first-order valence-corrected chi connectivity index (χ1v) is 8.28. The summed E-state index contributed by atoms with van der Waals surface area (Å²) in [7, 11) is 0. The fraction of sp³-hybridized carbons (Fsp3) is 0.600. The summed E-state index contributed by atoms with van der Waals surface area (Å²) in [6.07, 6.45) is 4.99. The first-order valence-electron chi connectivity index (χ1n) is 7.46. The van der Waals surface area contributed by atoms with Crippen molar-refractivity contribution in [2.24, 2.45) is 5.41 Å². The molecule has 0 amide bonds. The number of imidazole rings is 1. The van der Waals surface area contributed by atoms with Gasteiger partial charge in [-0.3, -0.25) is 0 Å². The van der Waals surface area contributed by atoms with Gasteiger partial charge in [0.1, 0.15) is 0 Å². The lowest BCUT2D eigenvalue weighted by molar-refractivity contribution is 0.122. The third kappa shape index (κ3) is 2.36. The Morgan fingerprint density at radius 3 is 2.90 bits per heavy atom. The zero-order valence-electron chi connectivity index (χ0n) is 12.5. The van der Waals surface area contributed by atoms with E-state index in [4.69, 9.17) is 9.72 Å². The molecule has 0 atom stereocenters. The zero-order chi connectivity index (χ0) is 14.4. The van der Waals surface area contributed by atoms with Crippen LogP contribution in [-0.2, 0) is 17.7 Å². The van der Waals surface area contributed by atoms with E-state index < -0.39 is 0 Å². The fourth-order valence-corrected chi connectivity index (χ4v) is 4.29. The molecule has 2 aliphatic heterocycles. The Morgan fingerprint density at radius 1 is 1.29 bits per heavy atom. The summed E-state index contributed by atoms with van der Waals surface area (Å²) in [5.74, 6) is 1.08. The number of aromatic nitrogens is 3. The Balaban J connectivity index is 1.78. The number of hydrogen-bond donors (Lipinski definition) is 0. The van der Waals surface area contributed by atoms with Gasteiger partial charge in [-0.25, -0.2) is 9.97 Å². The van der Waals surface area contributed by atoms with Crippen LogP contribution in [0.15, 0.2) is 12.4 Å². The third-order valence-electron chi connectivity index (χ3n) is 4.13. The molecule has 0 unspecified atom stereocenters. The number of morpholine rings is 1. The van der Waals surface area contributed by atoms with Crippen molar-refractivity contribution < 1.29 is 4.74 Å². The van der Waals surface area contributed by atoms with Crippen molar-refractivity contribution in [3.05, 3.63) is 18.1 Å². The van der Waals surface area contributed by atoms with Gasteiger partial charge in [0.05, 0.1) is 23.8 Å². The summed E-state index contributed by atoms with van der Waals surface area (Å²) < 4.78 is 7.71. The van der Waals surface area contributed by atoms with Gasteiger partial charge in [-0.15, -0.1) is 0 Å². The van der Waals surface area contributed by atoms with Crippen LogP contribution in [0, 0.1) is 5.41 Å². The van der Waals surface area contributed by atoms with Gasteiger partial charge in [-0.2, -0.15) is 0 Å². The predicted molar refractivity (Wildman–Crippen MR) is 83.9 cm³/mol. The Bertz CT molecular complexity index is 654. The SMILES string of the molecule is CC1(C)Cc2nc(N3CCOCC3)sc2-c2nccn2C1. The van der Waals surface area contributed by atoms with Crippen LogP contribution in [0.4, 0.5) is 5.13 Å². The number of thiazole rings is 1. The van der Waals surface area contributed by atoms with E-state index in [1.165, 1.54) is 10.6 Å². The number of hydrogen-bond acceptors (Lipinski definition) is 5. The van der Waals surface area contributed by atoms with E-state index in [1.807, 2.05) is 6.20 Å². The van der Waals surface area contributed by atoms with Gasteiger partial charge in [0.15, 0.2) is 11.0 Å². The average Bonchev–Trinajstić information content (AvgIpc) is 3.03. The van der Waals surface area contributed by atoms with E-state index in [9.17, 15) is 0 Å². The third-order valence-corrected chi connectivity index (χ3v) is 5.28. The van der Waals surface area contributed by atoms with Crippen molar-refractivity contribution in [1.82, 2.24) is 14.5 Å². The summed E-state index contributed by atoms with van der Waals surface area (Å²) in [5, 5.41) is 1.12. The van der Waals surface area contributed by atoms with Gasteiger partial charge in [0.25, 0.3) is 0 Å². The van der Waals surface area contributed by atoms with E-state index >= 15 is 0 Å². The average molecular weight is 304 g/mol. The molecule has 2 aromatic rings. The van der Waals surface area contributed by atoms with Gasteiger partial charge in [0.2, 0.25) is 0 Å². The smallest absolute Gasteiger partial charge is 0.186 e. The van der Waals surface area contributed by atoms with E-state index in [-0.39, 0.29) is 5.41 Å². The maximum atomic E-state index is 5.44. The normalized spacial score (nSPS) is 20.8. The van der Waals surface area contributed by atoms with Crippen LogP contribution >= 0.6 is 11.3 Å². The number of ether oxygens (including phenoxy) is 1. The van der Waals surface area contributed by atoms with Gasteiger partial charge < -0.3 is 14.2 Å². The highest BCUT2D eigenvalue weighted by Gasteiger charge is 2.31. The summed E-state index contributed by atoms with van der Waals surface area (Å²) in [5.41, 5.74) is 1.41. The quantitative estimate of drug-likeness (QED) is 0.811. The second kappa shape index (κ2) is 4.81. The minimum Gasteiger partial charge on any atom is -0.378 e. The van der Waals surface area contributed by atoms with Crippen LogP contribution in [0.5, 0.6) is 0 Å². The monoisotopic (exact) mass is 304 g/mol. The molecule has 0 radical (unpaired) electrons. The van der Waals surface area contributed by atoms with Crippen LogP contribution in [0.3, 0.4) is 0 Å². The fourth-order valence-electron chi connectivity index (χ4n) is 3.14. The van der Waals surface area contributed by atoms with E-state index in [0.29, 0.717) is 0 Å². The Labute approximate surface area is 128 Å². The molecule has 1 fully saturated rings. The molecule has 0 aliphatic carbocycles. The van der Waals surface area contributed by atoms with Crippen LogP contribution in [0.1, 0.15) is 19.5 Å². The van der Waals surface area contributed by atoms with Crippen molar-refractivity contribution in [3.63, 3.8) is 0 Å². The highest BCUT2D eigenvalue weighted by molar-refractivity contribution is 7.19. The molecule has 2 aromatic heterocycles. The molecule has 6 heteroatoms. The molecule has 4 rings (SSSR count). The number of rotatable bonds is 1. The molecular formula is C15H20N4OS. The van der Waals surface area contributed by atoms with Gasteiger partial charge in [-0.05, 0) is 11.8 Å². The minimum atomic E-state index is 0.205. The summed E-state index contributed by atoms with van der Waals surface area (Å²) in [6, 6.07) is 0. The van der Waals surface area contributed by atoms with Gasteiger partial charge in [-0.1, -0.05) is 25.2 Å². The molecule has 0 saturated carbocycles. The van der Waals surface area contributed by atoms with Crippen molar-refractivity contribution in [3.8, 4) is 10.7 Å². The van der Waals surface area contributed by atoms with Crippen molar-refractivity contribution in [2.75, 3.05) is 31.2 Å². The van der Waals surface area contributed by atoms with Gasteiger partial charge >= 0.3 is 0 Å². The molecule has 0 aromatic carbocycles. The van der Waals surface area contributed by atoms with Crippen molar-refractivity contribution in [1.29, 1.82) is 0 Å². The highest BCUT2D eigenvalue weighted by atomic mass is 32.1. The number of nitrogens with zero attached hydrogens (tertiary/aromatic N) is 4. The summed E-state index contributed by atoms with van der Waals surface area (Å²) in [6.45, 7) is 9.07. The second-order valence-corrected chi connectivity index (χ2v) is 7.57. The maximum Gasteiger partial charge on any atom is 0.186 e. The first-order chi connectivity index (χ1) is 10.1. The van der Waals surface area contributed by atoms with E-state index in [2.05, 4.69) is 34.5 Å². The topological polar surface area (TPSA) is 43.2 Å². The minimum absolute atomic E-state index is 0.205. The van der Waals surface area contributed by atoms with Crippen LogP contribution in [-0.4, -0.2) is 40.8 Å². The lowest BCUT2D eigenvalue weighted by Crippen LogP contribution is -2.36. The number of fused-ring (bicyclic) bond motifs is 3. The van der Waals surface area contributed by atoms with Crippen LogP contribution in [0.2, 0.25) is 0 Å². The lowest BCUT2D eigenvalue weighted by atomic mass is 9.88. The largest absolute Gasteiger partial charge is 0.378 e. The molecule has 5 nitrogen and oxygen atoms in total. The predicted octanol–water partition coefficient (Wildman–Crippen LogP) is 2.43. The van der Waals surface area contributed by atoms with Gasteiger partial charge in [0, 0.05) is 32.0 Å². The highest BCUT2D eigenvalue weighted by Crippen LogP contribution is 2.40. The first kappa shape index (κ1) is 13.3. The molecule has 21 heavy (non-hydrogen) atoms. The van der Waals surface area contributed by atoms with Crippen molar-refractivity contribution >= 4 is 16.5 Å². The molecule has 1 saturated heterocycles. The summed E-state index contributed by atoms with van der Waals surface area (Å²) in [4.78, 5) is 13.1. The molecule has 0 spiro atoms. The molecule has 0 bridgehead atoms. The molecule has 0 N–H and O–H groups in total. The Morgan fingerprint density at radius 2 is 2.10 bits per heavy atom. The summed E-state index contributed by atoms with van der Waals surface area (Å²) >= 11 is 1.78. The van der Waals surface area contributed by atoms with E-state index in [0.717, 1.165) is 50.2 Å². The van der Waals surface area contributed by atoms with Crippen molar-refractivity contribution in [2.45, 2.75) is 26.8 Å². The van der Waals surface area contributed by atoms with Crippen LogP contribution in [0.25, 0.3) is 10.7 Å². The lowest BCUT2D eigenvalue weighted by Gasteiger charge is -2.26. The molecule has 4 heterocycles. The van der Waals surface area contributed by atoms with Crippen LogP contribution < -0.4 is 4.90 Å². The molecular weight excluding hydrogens is 284 g/mol. The molecule has 112 valence electrons. The molecule has 2 aliphatic rings. The Hall–Kier alpha value is -1.40. The second-order valence-electron chi connectivity index (χ2n) is 6.59.